The molecular weight excluding hydrogens is 222 g/mol. The first-order valence-electron chi connectivity index (χ1n) is 3.85. The number of methoxy groups -OCH3 is 2. The van der Waals surface area contributed by atoms with Gasteiger partial charge in [-0.15, -0.1) is 12.4 Å². The number of carboxylic acids is 1. The number of nitrogen functional groups attached to an aromatic ring is 1. The lowest BCUT2D eigenvalue weighted by atomic mass is 10.1. The van der Waals surface area contributed by atoms with E-state index in [4.69, 9.17) is 20.3 Å². The molecule has 0 spiro atoms. The molecule has 0 saturated carbocycles. The largest absolute Gasteiger partial charge is 0.496 e. The summed E-state index contributed by atoms with van der Waals surface area (Å²) in [5, 5.41) is 8.81. The number of aromatic carboxylic acids is 1. The molecule has 0 bridgehead atoms. The van der Waals surface area contributed by atoms with Crippen LogP contribution in [0.1, 0.15) is 10.4 Å². The molecule has 0 amide bonds. The van der Waals surface area contributed by atoms with Crippen LogP contribution < -0.4 is 15.2 Å². The Morgan fingerprint density at radius 1 is 1.27 bits per heavy atom. The summed E-state index contributed by atoms with van der Waals surface area (Å²) >= 11 is 0. The second-order valence-corrected chi connectivity index (χ2v) is 2.60. The molecule has 0 saturated heterocycles. The number of benzene rings is 1. The highest BCUT2D eigenvalue weighted by molar-refractivity contribution is 5.92. The second kappa shape index (κ2) is 5.31. The van der Waals surface area contributed by atoms with E-state index < -0.39 is 5.97 Å². The molecule has 84 valence electrons. The van der Waals surface area contributed by atoms with Gasteiger partial charge in [-0.2, -0.15) is 0 Å². The highest BCUT2D eigenvalue weighted by Gasteiger charge is 2.14. The summed E-state index contributed by atoms with van der Waals surface area (Å²) in [6.45, 7) is 0. The minimum atomic E-state index is -1.09. The average Bonchev–Trinajstić information content (AvgIpc) is 2.17. The molecule has 0 heterocycles. The van der Waals surface area contributed by atoms with Crippen LogP contribution in [0.3, 0.4) is 0 Å². The van der Waals surface area contributed by atoms with E-state index in [0.29, 0.717) is 5.75 Å². The highest BCUT2D eigenvalue weighted by Crippen LogP contribution is 2.30. The van der Waals surface area contributed by atoms with Crippen molar-refractivity contribution < 1.29 is 19.4 Å². The fourth-order valence-corrected chi connectivity index (χ4v) is 1.09. The molecule has 0 atom stereocenters. The predicted molar refractivity (Wildman–Crippen MR) is 58.2 cm³/mol. The van der Waals surface area contributed by atoms with E-state index >= 15 is 0 Å². The number of carboxylic acid groups (broad SMARTS) is 1. The molecule has 5 nitrogen and oxygen atoms in total. The molecular formula is C9H12ClNO4. The SMILES string of the molecule is COc1cc(OC)c(C(=O)O)cc1N.Cl. The van der Waals surface area contributed by atoms with Gasteiger partial charge < -0.3 is 20.3 Å². The van der Waals surface area contributed by atoms with Gasteiger partial charge in [0.15, 0.2) is 0 Å². The lowest BCUT2D eigenvalue weighted by molar-refractivity contribution is 0.0693. The molecule has 0 radical (unpaired) electrons. The van der Waals surface area contributed by atoms with Gasteiger partial charge >= 0.3 is 5.97 Å². The van der Waals surface area contributed by atoms with Gasteiger partial charge in [0.05, 0.1) is 19.9 Å². The molecule has 1 aromatic carbocycles. The van der Waals surface area contributed by atoms with Gasteiger partial charge in [0.2, 0.25) is 0 Å². The Kier molecular flexibility index (Phi) is 4.73. The van der Waals surface area contributed by atoms with Crippen molar-refractivity contribution in [3.8, 4) is 11.5 Å². The zero-order chi connectivity index (χ0) is 10.7. The Bertz CT molecular complexity index is 367. The Balaban J connectivity index is 0.00000196. The number of hydrogen-bond donors (Lipinski definition) is 2. The monoisotopic (exact) mass is 233 g/mol. The number of carbonyl (C=O) groups is 1. The number of rotatable bonds is 3. The number of ether oxygens (including phenoxy) is 2. The van der Waals surface area contributed by atoms with E-state index in [1.54, 1.807) is 0 Å². The van der Waals surface area contributed by atoms with Crippen LogP contribution in [-0.4, -0.2) is 25.3 Å². The standard InChI is InChI=1S/C9H11NO4.ClH/c1-13-7-4-8(14-2)6(10)3-5(7)9(11)12;/h3-4H,10H2,1-2H3,(H,11,12);1H. The maximum absolute atomic E-state index is 10.8. The van der Waals surface area contributed by atoms with Crippen LogP contribution in [0.25, 0.3) is 0 Å². The van der Waals surface area contributed by atoms with Gasteiger partial charge in [0, 0.05) is 6.07 Å². The first-order valence-corrected chi connectivity index (χ1v) is 3.85. The highest BCUT2D eigenvalue weighted by atomic mass is 35.5. The van der Waals surface area contributed by atoms with Gasteiger partial charge in [0.1, 0.15) is 17.1 Å². The van der Waals surface area contributed by atoms with E-state index in [1.165, 1.54) is 26.4 Å². The summed E-state index contributed by atoms with van der Waals surface area (Å²) in [5.41, 5.74) is 5.84. The Hall–Kier alpha value is -1.62. The number of hydrogen-bond acceptors (Lipinski definition) is 4. The van der Waals surface area contributed by atoms with E-state index in [1.807, 2.05) is 0 Å². The molecule has 0 aliphatic heterocycles. The quantitative estimate of drug-likeness (QED) is 0.772. The summed E-state index contributed by atoms with van der Waals surface area (Å²) in [4.78, 5) is 10.8. The number of halogens is 1. The lowest BCUT2D eigenvalue weighted by Gasteiger charge is -2.09. The zero-order valence-electron chi connectivity index (χ0n) is 8.31. The fourth-order valence-electron chi connectivity index (χ4n) is 1.09. The van der Waals surface area contributed by atoms with Crippen molar-refractivity contribution in [1.29, 1.82) is 0 Å². The summed E-state index contributed by atoms with van der Waals surface area (Å²) in [6, 6.07) is 2.75. The molecule has 3 N–H and O–H groups in total. The van der Waals surface area contributed by atoms with Gasteiger partial charge in [-0.05, 0) is 6.07 Å². The first-order chi connectivity index (χ1) is 6.60. The minimum absolute atomic E-state index is 0. The van der Waals surface area contributed by atoms with Crippen molar-refractivity contribution in [2.45, 2.75) is 0 Å². The third kappa shape index (κ3) is 2.66. The van der Waals surface area contributed by atoms with Gasteiger partial charge in [-0.3, -0.25) is 0 Å². The van der Waals surface area contributed by atoms with Crippen LogP contribution in [-0.2, 0) is 0 Å². The van der Waals surface area contributed by atoms with Gasteiger partial charge in [-0.25, -0.2) is 4.79 Å². The van der Waals surface area contributed by atoms with Crippen molar-refractivity contribution in [3.63, 3.8) is 0 Å². The van der Waals surface area contributed by atoms with Gasteiger partial charge in [-0.1, -0.05) is 0 Å². The Morgan fingerprint density at radius 2 is 1.80 bits per heavy atom. The summed E-state index contributed by atoms with van der Waals surface area (Å²) in [6.07, 6.45) is 0. The van der Waals surface area contributed by atoms with Crippen LogP contribution in [0.5, 0.6) is 11.5 Å². The first kappa shape index (κ1) is 13.4. The Morgan fingerprint density at radius 3 is 2.20 bits per heavy atom. The number of nitrogens with two attached hydrogens (primary N) is 1. The van der Waals surface area contributed by atoms with Crippen LogP contribution >= 0.6 is 12.4 Å². The molecule has 6 heteroatoms. The molecule has 0 fully saturated rings. The number of anilines is 1. The van der Waals surface area contributed by atoms with E-state index in [9.17, 15) is 4.79 Å². The van der Waals surface area contributed by atoms with Crippen LogP contribution in [0.2, 0.25) is 0 Å². The third-order valence-corrected chi connectivity index (χ3v) is 1.78. The summed E-state index contributed by atoms with van der Waals surface area (Å²) in [5.74, 6) is -0.466. The van der Waals surface area contributed by atoms with E-state index in [0.717, 1.165) is 0 Å². The molecule has 0 aromatic heterocycles. The molecule has 0 aliphatic carbocycles. The second-order valence-electron chi connectivity index (χ2n) is 2.60. The molecule has 0 aliphatic rings. The van der Waals surface area contributed by atoms with Crippen molar-refractivity contribution in [1.82, 2.24) is 0 Å². The van der Waals surface area contributed by atoms with Gasteiger partial charge in [0.25, 0.3) is 0 Å². The minimum Gasteiger partial charge on any atom is -0.496 e. The molecule has 15 heavy (non-hydrogen) atoms. The van der Waals surface area contributed by atoms with Crippen molar-refractivity contribution >= 4 is 24.1 Å². The smallest absolute Gasteiger partial charge is 0.339 e. The third-order valence-electron chi connectivity index (χ3n) is 1.78. The topological polar surface area (TPSA) is 81.8 Å². The molecule has 1 rings (SSSR count). The van der Waals surface area contributed by atoms with Crippen LogP contribution in [0.15, 0.2) is 12.1 Å². The fraction of sp³-hybridized carbons (Fsp3) is 0.222. The van der Waals surface area contributed by atoms with Crippen LogP contribution in [0, 0.1) is 0 Å². The van der Waals surface area contributed by atoms with Crippen molar-refractivity contribution in [3.05, 3.63) is 17.7 Å². The Labute approximate surface area is 93.2 Å². The van der Waals surface area contributed by atoms with Crippen molar-refractivity contribution in [2.75, 3.05) is 20.0 Å². The zero-order valence-corrected chi connectivity index (χ0v) is 9.13. The molecule has 0 unspecified atom stereocenters. The van der Waals surface area contributed by atoms with E-state index in [2.05, 4.69) is 0 Å². The maximum Gasteiger partial charge on any atom is 0.339 e. The average molecular weight is 234 g/mol. The lowest BCUT2D eigenvalue weighted by Crippen LogP contribution is -2.03. The maximum atomic E-state index is 10.8. The van der Waals surface area contributed by atoms with E-state index in [-0.39, 0.29) is 29.4 Å². The summed E-state index contributed by atoms with van der Waals surface area (Å²) < 4.78 is 9.81. The van der Waals surface area contributed by atoms with Crippen molar-refractivity contribution in [2.24, 2.45) is 0 Å². The normalized spacial score (nSPS) is 8.93. The summed E-state index contributed by atoms with van der Waals surface area (Å²) in [7, 11) is 2.84. The van der Waals surface area contributed by atoms with Crippen LogP contribution in [0.4, 0.5) is 5.69 Å². The molecule has 1 aromatic rings. The predicted octanol–water partition coefficient (Wildman–Crippen LogP) is 1.41.